The predicted octanol–water partition coefficient (Wildman–Crippen LogP) is 0.127. The molecule has 3 N–H and O–H groups in total. The van der Waals surface area contributed by atoms with Gasteiger partial charge in [-0.15, -0.1) is 0 Å². The first-order valence-electron chi connectivity index (χ1n) is 3.82. The van der Waals surface area contributed by atoms with Gasteiger partial charge < -0.3 is 10.4 Å². The van der Waals surface area contributed by atoms with Crippen molar-refractivity contribution < 1.29 is 13.9 Å². The zero-order valence-electron chi connectivity index (χ0n) is 6.93. The Balaban J connectivity index is 2.21. The molecule has 0 saturated heterocycles. The highest BCUT2D eigenvalue weighted by atomic mass is 19.3. The fourth-order valence-electron chi connectivity index (χ4n) is 0.819. The summed E-state index contributed by atoms with van der Waals surface area (Å²) in [5.41, 5.74) is 0.730. The van der Waals surface area contributed by atoms with E-state index in [1.807, 2.05) is 0 Å². The van der Waals surface area contributed by atoms with Crippen LogP contribution in [0.3, 0.4) is 0 Å². The van der Waals surface area contributed by atoms with E-state index in [9.17, 15) is 8.78 Å². The fraction of sp³-hybridized carbons (Fsp3) is 0.571. The summed E-state index contributed by atoms with van der Waals surface area (Å²) in [6.07, 6.45) is 1.54. The SMILES string of the molecule is OCC(F)(F)CNCc1ccn[nH]1. The maximum absolute atomic E-state index is 12.4. The minimum Gasteiger partial charge on any atom is -0.390 e. The van der Waals surface area contributed by atoms with Crippen LogP contribution in [0.25, 0.3) is 0 Å². The lowest BCUT2D eigenvalue weighted by atomic mass is 10.3. The summed E-state index contributed by atoms with van der Waals surface area (Å²) in [6, 6.07) is 1.68. The quantitative estimate of drug-likeness (QED) is 0.619. The van der Waals surface area contributed by atoms with Crippen LogP contribution in [0.4, 0.5) is 8.78 Å². The second-order valence-electron chi connectivity index (χ2n) is 2.70. The molecular formula is C7H11F2N3O. The van der Waals surface area contributed by atoms with Crippen LogP contribution in [0.2, 0.25) is 0 Å². The van der Waals surface area contributed by atoms with E-state index < -0.39 is 19.1 Å². The number of hydrogen-bond donors (Lipinski definition) is 3. The first kappa shape index (κ1) is 10.1. The molecule has 0 unspecified atom stereocenters. The van der Waals surface area contributed by atoms with Gasteiger partial charge in [-0.2, -0.15) is 5.10 Å². The van der Waals surface area contributed by atoms with Crippen LogP contribution in [-0.4, -0.2) is 34.4 Å². The Morgan fingerprint density at radius 2 is 2.38 bits per heavy atom. The molecule has 0 amide bonds. The molecule has 1 rings (SSSR count). The monoisotopic (exact) mass is 191 g/mol. The van der Waals surface area contributed by atoms with Gasteiger partial charge in [0, 0.05) is 18.4 Å². The number of aromatic amines is 1. The van der Waals surface area contributed by atoms with Gasteiger partial charge in [0.1, 0.15) is 6.61 Å². The van der Waals surface area contributed by atoms with Crippen molar-refractivity contribution in [2.45, 2.75) is 12.5 Å². The molecule has 1 aromatic rings. The van der Waals surface area contributed by atoms with Gasteiger partial charge in [-0.3, -0.25) is 5.10 Å². The molecule has 0 bridgehead atoms. The van der Waals surface area contributed by atoms with Crippen molar-refractivity contribution in [1.82, 2.24) is 15.5 Å². The summed E-state index contributed by atoms with van der Waals surface area (Å²) in [5.74, 6) is -3.06. The van der Waals surface area contributed by atoms with E-state index in [0.29, 0.717) is 0 Å². The molecule has 4 nitrogen and oxygen atoms in total. The summed E-state index contributed by atoms with van der Waals surface area (Å²) in [5, 5.41) is 17.0. The van der Waals surface area contributed by atoms with Crippen LogP contribution in [-0.2, 0) is 6.54 Å². The molecule has 6 heteroatoms. The van der Waals surface area contributed by atoms with Crippen LogP contribution in [0.5, 0.6) is 0 Å². The second-order valence-corrected chi connectivity index (χ2v) is 2.70. The summed E-state index contributed by atoms with van der Waals surface area (Å²) < 4.78 is 24.9. The summed E-state index contributed by atoms with van der Waals surface area (Å²) in [7, 11) is 0. The zero-order chi connectivity index (χ0) is 9.73. The molecule has 0 aliphatic carbocycles. The summed E-state index contributed by atoms with van der Waals surface area (Å²) in [4.78, 5) is 0. The van der Waals surface area contributed by atoms with Crippen LogP contribution >= 0.6 is 0 Å². The van der Waals surface area contributed by atoms with Crippen molar-refractivity contribution in [3.8, 4) is 0 Å². The van der Waals surface area contributed by atoms with Gasteiger partial charge in [-0.25, -0.2) is 8.78 Å². The number of halogens is 2. The lowest BCUT2D eigenvalue weighted by Gasteiger charge is -2.13. The molecular weight excluding hydrogens is 180 g/mol. The molecule has 0 radical (unpaired) electrons. The number of nitrogens with zero attached hydrogens (tertiary/aromatic N) is 1. The molecule has 74 valence electrons. The van der Waals surface area contributed by atoms with E-state index in [0.717, 1.165) is 5.69 Å². The number of alkyl halides is 2. The van der Waals surface area contributed by atoms with Gasteiger partial charge in [0.25, 0.3) is 5.92 Å². The minimum absolute atomic E-state index is 0.287. The van der Waals surface area contributed by atoms with Gasteiger partial charge in [0.15, 0.2) is 0 Å². The highest BCUT2D eigenvalue weighted by Gasteiger charge is 2.26. The van der Waals surface area contributed by atoms with Crippen molar-refractivity contribution in [3.05, 3.63) is 18.0 Å². The smallest absolute Gasteiger partial charge is 0.282 e. The minimum atomic E-state index is -3.06. The number of hydrogen-bond acceptors (Lipinski definition) is 3. The summed E-state index contributed by atoms with van der Waals surface area (Å²) in [6.45, 7) is -1.39. The van der Waals surface area contributed by atoms with E-state index in [2.05, 4.69) is 15.5 Å². The van der Waals surface area contributed by atoms with Gasteiger partial charge in [0.2, 0.25) is 0 Å². The number of aliphatic hydroxyl groups excluding tert-OH is 1. The average Bonchev–Trinajstić information content (AvgIpc) is 2.57. The number of H-pyrrole nitrogens is 1. The average molecular weight is 191 g/mol. The predicted molar refractivity (Wildman–Crippen MR) is 42.3 cm³/mol. The Morgan fingerprint density at radius 1 is 1.62 bits per heavy atom. The molecule has 0 aliphatic rings. The number of nitrogens with one attached hydrogen (secondary N) is 2. The van der Waals surface area contributed by atoms with Crippen molar-refractivity contribution in [2.24, 2.45) is 0 Å². The third-order valence-corrected chi connectivity index (χ3v) is 1.49. The Bertz CT molecular complexity index is 238. The number of aromatic nitrogens is 2. The Labute approximate surface area is 74.0 Å². The highest BCUT2D eigenvalue weighted by molar-refractivity contribution is 4.96. The molecule has 0 aromatic carbocycles. The molecule has 0 spiro atoms. The van der Waals surface area contributed by atoms with Crippen LogP contribution < -0.4 is 5.32 Å². The lowest BCUT2D eigenvalue weighted by molar-refractivity contribution is -0.0478. The molecule has 1 aromatic heterocycles. The van der Waals surface area contributed by atoms with Gasteiger partial charge in [0.05, 0.1) is 6.54 Å². The van der Waals surface area contributed by atoms with E-state index >= 15 is 0 Å². The topological polar surface area (TPSA) is 60.9 Å². The fourth-order valence-corrected chi connectivity index (χ4v) is 0.819. The maximum atomic E-state index is 12.4. The van der Waals surface area contributed by atoms with Crippen LogP contribution in [0, 0.1) is 0 Å². The molecule has 0 aliphatic heterocycles. The van der Waals surface area contributed by atoms with E-state index in [-0.39, 0.29) is 6.54 Å². The van der Waals surface area contributed by atoms with E-state index in [4.69, 9.17) is 5.11 Å². The van der Waals surface area contributed by atoms with Crippen molar-refractivity contribution in [2.75, 3.05) is 13.2 Å². The Kier molecular flexibility index (Phi) is 3.32. The molecule has 0 saturated carbocycles. The lowest BCUT2D eigenvalue weighted by Crippen LogP contribution is -2.35. The Hall–Kier alpha value is -1.01. The standard InChI is InChI=1S/C7H11F2N3O/c8-7(9,5-13)4-10-3-6-1-2-11-12-6/h1-2,10,13H,3-5H2,(H,11,12). The number of aliphatic hydroxyl groups is 1. The third-order valence-electron chi connectivity index (χ3n) is 1.49. The molecule has 0 fully saturated rings. The molecule has 0 atom stereocenters. The molecule has 13 heavy (non-hydrogen) atoms. The van der Waals surface area contributed by atoms with E-state index in [1.54, 1.807) is 12.3 Å². The summed E-state index contributed by atoms with van der Waals surface area (Å²) >= 11 is 0. The van der Waals surface area contributed by atoms with Crippen LogP contribution in [0.15, 0.2) is 12.3 Å². The van der Waals surface area contributed by atoms with Gasteiger partial charge in [-0.1, -0.05) is 0 Å². The van der Waals surface area contributed by atoms with Crippen molar-refractivity contribution in [3.63, 3.8) is 0 Å². The second kappa shape index (κ2) is 4.29. The first-order valence-corrected chi connectivity index (χ1v) is 3.82. The third kappa shape index (κ3) is 3.47. The van der Waals surface area contributed by atoms with Gasteiger partial charge >= 0.3 is 0 Å². The van der Waals surface area contributed by atoms with Crippen LogP contribution in [0.1, 0.15) is 5.69 Å². The number of rotatable bonds is 5. The normalized spacial score (nSPS) is 11.9. The molecule has 1 heterocycles. The van der Waals surface area contributed by atoms with E-state index in [1.165, 1.54) is 0 Å². The zero-order valence-corrected chi connectivity index (χ0v) is 6.93. The van der Waals surface area contributed by atoms with Gasteiger partial charge in [-0.05, 0) is 6.07 Å². The maximum Gasteiger partial charge on any atom is 0.282 e. The first-order chi connectivity index (χ1) is 6.14. The van der Waals surface area contributed by atoms with Crippen molar-refractivity contribution in [1.29, 1.82) is 0 Å². The largest absolute Gasteiger partial charge is 0.390 e. The Morgan fingerprint density at radius 3 is 2.92 bits per heavy atom. The van der Waals surface area contributed by atoms with Crippen molar-refractivity contribution >= 4 is 0 Å². The highest BCUT2D eigenvalue weighted by Crippen LogP contribution is 2.09.